The van der Waals surface area contributed by atoms with E-state index >= 15 is 0 Å². The highest BCUT2D eigenvalue weighted by Crippen LogP contribution is 2.25. The zero-order valence-corrected chi connectivity index (χ0v) is 15.0. The summed E-state index contributed by atoms with van der Waals surface area (Å²) < 4.78 is 18.7. The molecule has 0 saturated heterocycles. The average Bonchev–Trinajstić information content (AvgIpc) is 2.61. The number of amides is 1. The number of hydrogen-bond donors (Lipinski definition) is 1. The molecule has 1 N–H and O–H groups in total. The van der Waals surface area contributed by atoms with Gasteiger partial charge in [0.05, 0.1) is 21.9 Å². The molecule has 0 saturated carbocycles. The Hall–Kier alpha value is -3.49. The minimum atomic E-state index is -0.901. The zero-order chi connectivity index (χ0) is 20.1. The summed E-state index contributed by atoms with van der Waals surface area (Å²) in [5.41, 5.74) is 0.725. The van der Waals surface area contributed by atoms with E-state index in [0.717, 1.165) is 6.07 Å². The molecule has 0 aromatic heterocycles. The van der Waals surface area contributed by atoms with E-state index in [0.29, 0.717) is 11.3 Å². The summed E-state index contributed by atoms with van der Waals surface area (Å²) in [4.78, 5) is 36.1. The smallest absolute Gasteiger partial charge is 0.341 e. The number of rotatable bonds is 6. The number of anilines is 2. The fourth-order valence-corrected chi connectivity index (χ4v) is 2.31. The standard InChI is InChI=1S/C18H18FN3O5/c1-11-4-6-15(14(19)8-11)20-17(23)10-27-18(24)13-9-12(22(25)26)5-7-16(13)21(2)3/h4-9H,10H2,1-3H3,(H,20,23). The predicted octanol–water partition coefficient (Wildman–Crippen LogP) is 2.90. The number of aryl methyl sites for hydroxylation is 1. The van der Waals surface area contributed by atoms with Crippen molar-refractivity contribution in [2.24, 2.45) is 0 Å². The Morgan fingerprint density at radius 2 is 1.93 bits per heavy atom. The number of carbonyl (C=O) groups is 2. The van der Waals surface area contributed by atoms with Gasteiger partial charge >= 0.3 is 5.97 Å². The van der Waals surface area contributed by atoms with Crippen LogP contribution < -0.4 is 10.2 Å². The molecule has 1 amide bonds. The number of hydrogen-bond acceptors (Lipinski definition) is 6. The van der Waals surface area contributed by atoms with Crippen molar-refractivity contribution in [3.05, 3.63) is 63.5 Å². The van der Waals surface area contributed by atoms with E-state index < -0.39 is 29.2 Å². The van der Waals surface area contributed by atoms with Crippen LogP contribution in [-0.2, 0) is 9.53 Å². The molecule has 0 radical (unpaired) electrons. The molecule has 0 aliphatic carbocycles. The maximum atomic E-state index is 13.7. The van der Waals surface area contributed by atoms with Gasteiger partial charge in [0.1, 0.15) is 5.82 Å². The van der Waals surface area contributed by atoms with Crippen LogP contribution in [0.15, 0.2) is 36.4 Å². The van der Waals surface area contributed by atoms with E-state index in [-0.39, 0.29) is 16.9 Å². The molecule has 0 spiro atoms. The van der Waals surface area contributed by atoms with Crippen LogP contribution in [0.1, 0.15) is 15.9 Å². The summed E-state index contributed by atoms with van der Waals surface area (Å²) in [5, 5.41) is 13.2. The number of esters is 1. The van der Waals surface area contributed by atoms with E-state index in [2.05, 4.69) is 5.32 Å². The summed E-state index contributed by atoms with van der Waals surface area (Å²) in [6.07, 6.45) is 0. The Labute approximate surface area is 154 Å². The first-order valence-electron chi connectivity index (χ1n) is 7.88. The highest BCUT2D eigenvalue weighted by Gasteiger charge is 2.20. The number of nitro benzene ring substituents is 1. The lowest BCUT2D eigenvalue weighted by Crippen LogP contribution is -2.22. The Morgan fingerprint density at radius 1 is 1.22 bits per heavy atom. The van der Waals surface area contributed by atoms with Gasteiger partial charge in [-0.1, -0.05) is 6.07 Å². The first kappa shape index (κ1) is 19.8. The molecular weight excluding hydrogens is 357 g/mol. The van der Waals surface area contributed by atoms with E-state index in [9.17, 15) is 24.1 Å². The second-order valence-electron chi connectivity index (χ2n) is 5.96. The van der Waals surface area contributed by atoms with Gasteiger partial charge in [0.2, 0.25) is 0 Å². The van der Waals surface area contributed by atoms with Crippen molar-refractivity contribution in [2.75, 3.05) is 30.9 Å². The fourth-order valence-electron chi connectivity index (χ4n) is 2.31. The lowest BCUT2D eigenvalue weighted by molar-refractivity contribution is -0.384. The van der Waals surface area contributed by atoms with Crippen molar-refractivity contribution < 1.29 is 23.6 Å². The van der Waals surface area contributed by atoms with Crippen molar-refractivity contribution in [3.8, 4) is 0 Å². The number of benzene rings is 2. The van der Waals surface area contributed by atoms with Crippen LogP contribution in [0.25, 0.3) is 0 Å². The molecule has 0 aliphatic rings. The first-order chi connectivity index (χ1) is 12.7. The topological polar surface area (TPSA) is 102 Å². The van der Waals surface area contributed by atoms with Crippen molar-refractivity contribution in [1.82, 2.24) is 0 Å². The molecule has 9 heteroatoms. The van der Waals surface area contributed by atoms with E-state index in [1.807, 2.05) is 0 Å². The summed E-state index contributed by atoms with van der Waals surface area (Å²) in [5.74, 6) is -2.24. The van der Waals surface area contributed by atoms with Gasteiger partial charge in [0.25, 0.3) is 11.6 Å². The molecule has 142 valence electrons. The molecular formula is C18H18FN3O5. The van der Waals surface area contributed by atoms with Crippen LogP contribution in [-0.4, -0.2) is 37.5 Å². The van der Waals surface area contributed by atoms with Gasteiger partial charge in [-0.05, 0) is 30.7 Å². The number of nitrogens with zero attached hydrogens (tertiary/aromatic N) is 2. The SMILES string of the molecule is Cc1ccc(NC(=O)COC(=O)c2cc([N+](=O)[O-])ccc2N(C)C)c(F)c1. The summed E-state index contributed by atoms with van der Waals surface area (Å²) in [6, 6.07) is 8.03. The highest BCUT2D eigenvalue weighted by molar-refractivity contribution is 5.99. The first-order valence-corrected chi connectivity index (χ1v) is 7.88. The van der Waals surface area contributed by atoms with Crippen LogP contribution in [0.3, 0.4) is 0 Å². The third kappa shape index (κ3) is 5.00. The van der Waals surface area contributed by atoms with Crippen LogP contribution in [0.2, 0.25) is 0 Å². The van der Waals surface area contributed by atoms with Gasteiger partial charge in [0, 0.05) is 26.2 Å². The molecule has 0 fully saturated rings. The maximum Gasteiger partial charge on any atom is 0.341 e. The Balaban J connectivity index is 2.09. The quantitative estimate of drug-likeness (QED) is 0.473. The minimum absolute atomic E-state index is 0.0361. The Bertz CT molecular complexity index is 899. The molecule has 2 rings (SSSR count). The molecule has 8 nitrogen and oxygen atoms in total. The summed E-state index contributed by atoms with van der Waals surface area (Å²) >= 11 is 0. The largest absolute Gasteiger partial charge is 0.452 e. The number of carbonyl (C=O) groups excluding carboxylic acids is 2. The lowest BCUT2D eigenvalue weighted by Gasteiger charge is -2.16. The van der Waals surface area contributed by atoms with Crippen LogP contribution in [0, 0.1) is 22.9 Å². The van der Waals surface area contributed by atoms with Gasteiger partial charge in [-0.2, -0.15) is 0 Å². The monoisotopic (exact) mass is 375 g/mol. The zero-order valence-electron chi connectivity index (χ0n) is 15.0. The van der Waals surface area contributed by atoms with Gasteiger partial charge in [-0.25, -0.2) is 9.18 Å². The van der Waals surface area contributed by atoms with Gasteiger partial charge in [0.15, 0.2) is 6.61 Å². The number of nitrogens with one attached hydrogen (secondary N) is 1. The van der Waals surface area contributed by atoms with Crippen LogP contribution in [0.5, 0.6) is 0 Å². The van der Waals surface area contributed by atoms with Gasteiger partial charge in [-0.3, -0.25) is 14.9 Å². The lowest BCUT2D eigenvalue weighted by atomic mass is 10.1. The number of nitro groups is 1. The van der Waals surface area contributed by atoms with E-state index in [1.54, 1.807) is 32.0 Å². The molecule has 2 aromatic carbocycles. The second-order valence-corrected chi connectivity index (χ2v) is 5.96. The van der Waals surface area contributed by atoms with E-state index in [1.165, 1.54) is 24.3 Å². The molecule has 0 atom stereocenters. The van der Waals surface area contributed by atoms with E-state index in [4.69, 9.17) is 4.74 Å². The van der Waals surface area contributed by atoms with Crippen molar-refractivity contribution in [1.29, 1.82) is 0 Å². The number of ether oxygens (including phenoxy) is 1. The Kier molecular flexibility index (Phi) is 6.07. The molecule has 0 unspecified atom stereocenters. The number of halogens is 1. The molecule has 27 heavy (non-hydrogen) atoms. The normalized spacial score (nSPS) is 10.2. The van der Waals surface area contributed by atoms with Crippen molar-refractivity contribution >= 4 is 28.9 Å². The van der Waals surface area contributed by atoms with Gasteiger partial charge < -0.3 is 15.0 Å². The molecule has 0 aliphatic heterocycles. The maximum absolute atomic E-state index is 13.7. The molecule has 2 aromatic rings. The average molecular weight is 375 g/mol. The number of non-ortho nitro benzene ring substituents is 1. The third-order valence-corrected chi connectivity index (χ3v) is 3.63. The third-order valence-electron chi connectivity index (χ3n) is 3.63. The second kappa shape index (κ2) is 8.26. The van der Waals surface area contributed by atoms with Gasteiger partial charge in [-0.15, -0.1) is 0 Å². The summed E-state index contributed by atoms with van der Waals surface area (Å²) in [6.45, 7) is 1.04. The van der Waals surface area contributed by atoms with Crippen molar-refractivity contribution in [3.63, 3.8) is 0 Å². The molecule has 0 heterocycles. The fraction of sp³-hybridized carbons (Fsp3) is 0.222. The summed E-state index contributed by atoms with van der Waals surface area (Å²) in [7, 11) is 3.32. The van der Waals surface area contributed by atoms with Crippen molar-refractivity contribution in [2.45, 2.75) is 6.92 Å². The van der Waals surface area contributed by atoms with Crippen LogP contribution >= 0.6 is 0 Å². The minimum Gasteiger partial charge on any atom is -0.452 e. The molecule has 0 bridgehead atoms. The Morgan fingerprint density at radius 3 is 2.52 bits per heavy atom. The highest BCUT2D eigenvalue weighted by atomic mass is 19.1. The predicted molar refractivity (Wildman–Crippen MR) is 97.5 cm³/mol. The van der Waals surface area contributed by atoms with Crippen LogP contribution in [0.4, 0.5) is 21.5 Å².